The van der Waals surface area contributed by atoms with Crippen LogP contribution in [0.5, 0.6) is 0 Å². The second-order valence-electron chi connectivity index (χ2n) is 13.6. The van der Waals surface area contributed by atoms with Gasteiger partial charge in [-0.05, 0) is 60.1 Å². The molecule has 1 spiro atoms. The van der Waals surface area contributed by atoms with Crippen LogP contribution in [0.4, 0.5) is 0 Å². The Hall–Kier alpha value is -2.94. The second-order valence-corrected chi connectivity index (χ2v) is 14.5. The van der Waals surface area contributed by atoms with E-state index in [4.69, 9.17) is 33.3 Å². The Kier molecular flexibility index (Phi) is 10.8. The predicted octanol–water partition coefficient (Wildman–Crippen LogP) is 6.84. The number of carbonyl (C=O) groups is 3. The summed E-state index contributed by atoms with van der Waals surface area (Å²) in [6.07, 6.45) is 2.86. The molecule has 2 amide bonds. The van der Waals surface area contributed by atoms with E-state index in [1.807, 2.05) is 17.0 Å². The molecular formula is C34H44Cl2N4O4. The van der Waals surface area contributed by atoms with Crippen molar-refractivity contribution in [3.63, 3.8) is 0 Å². The topological polar surface area (TPSA) is 102 Å². The number of hydrogen-bond acceptors (Lipinski definition) is 5. The van der Waals surface area contributed by atoms with Crippen molar-refractivity contribution >= 4 is 46.7 Å². The summed E-state index contributed by atoms with van der Waals surface area (Å²) in [5.41, 5.74) is 1.66. The molecule has 8 nitrogen and oxygen atoms in total. The van der Waals surface area contributed by atoms with E-state index >= 15 is 0 Å². The van der Waals surface area contributed by atoms with E-state index in [0.29, 0.717) is 45.6 Å². The van der Waals surface area contributed by atoms with Crippen LogP contribution in [0.3, 0.4) is 0 Å². The Balaban J connectivity index is 1.72. The minimum atomic E-state index is -0.969. The minimum Gasteiger partial charge on any atom is -0.481 e. The van der Waals surface area contributed by atoms with Crippen LogP contribution >= 0.6 is 23.2 Å². The third kappa shape index (κ3) is 8.40. The molecule has 10 heteroatoms. The van der Waals surface area contributed by atoms with Crippen molar-refractivity contribution in [3.05, 3.63) is 69.2 Å². The van der Waals surface area contributed by atoms with Gasteiger partial charge in [-0.15, -0.1) is 0 Å². The summed E-state index contributed by atoms with van der Waals surface area (Å²) in [4.78, 5) is 47.7. The van der Waals surface area contributed by atoms with Gasteiger partial charge in [0.15, 0.2) is 0 Å². The second kappa shape index (κ2) is 14.0. The van der Waals surface area contributed by atoms with Crippen molar-refractivity contribution in [1.82, 2.24) is 15.1 Å². The third-order valence-electron chi connectivity index (χ3n) is 8.27. The maximum Gasteiger partial charge on any atom is 0.305 e. The number of carbonyl (C=O) groups excluding carboxylic acids is 2. The number of hydrogen-bond donors (Lipinski definition) is 2. The van der Waals surface area contributed by atoms with Gasteiger partial charge in [0, 0.05) is 60.2 Å². The molecule has 0 aromatic heterocycles. The predicted molar refractivity (Wildman–Crippen MR) is 176 cm³/mol. The number of carboxylic acids is 1. The van der Waals surface area contributed by atoms with Crippen LogP contribution in [0.15, 0.2) is 47.5 Å². The Morgan fingerprint density at radius 2 is 1.66 bits per heavy atom. The highest BCUT2D eigenvalue weighted by Gasteiger charge is 2.51. The average Bonchev–Trinajstić information content (AvgIpc) is 3.20. The van der Waals surface area contributed by atoms with E-state index < -0.39 is 11.6 Å². The van der Waals surface area contributed by atoms with Crippen LogP contribution in [-0.2, 0) is 9.59 Å². The summed E-state index contributed by atoms with van der Waals surface area (Å²) < 4.78 is 0. The summed E-state index contributed by atoms with van der Waals surface area (Å²) in [7, 11) is 0. The number of nitrogens with one attached hydrogen (secondary N) is 1. The van der Waals surface area contributed by atoms with Crippen molar-refractivity contribution in [2.45, 2.75) is 78.4 Å². The van der Waals surface area contributed by atoms with E-state index in [0.717, 1.165) is 38.0 Å². The van der Waals surface area contributed by atoms with Crippen molar-refractivity contribution in [2.24, 2.45) is 16.3 Å². The van der Waals surface area contributed by atoms with Gasteiger partial charge >= 0.3 is 5.97 Å². The number of carboxylic acid groups (broad SMARTS) is 1. The number of aliphatic carboxylic acids is 1. The van der Waals surface area contributed by atoms with Crippen molar-refractivity contribution in [3.8, 4) is 0 Å². The molecule has 2 N–H and O–H groups in total. The van der Waals surface area contributed by atoms with Gasteiger partial charge in [-0.1, -0.05) is 70.0 Å². The molecule has 1 atom stereocenters. The standard InChI is InChI=1S/C34H44Cl2N4O4/c1-22(2)21-39-16-13-34(14-17-39)38-30(25-18-26(35)20-27(36)19-25)32(44)40(34)28(10-12-33(3,4)5)23-6-8-24(9-7-23)31(43)37-15-11-29(41)42/h6-9,18-20,22,28H,10-17,21H2,1-5H3,(H,37,43)(H,41,42). The SMILES string of the molecule is CC(C)CN1CCC2(CC1)N=C(c1cc(Cl)cc(Cl)c1)C(=O)N2C(CCC(C)(C)C)c1ccc(C(=O)NCCC(=O)O)cc1. The fourth-order valence-corrected chi connectivity index (χ4v) is 6.67. The first-order valence-corrected chi connectivity index (χ1v) is 16.2. The number of aliphatic imine (C=N–C) groups is 1. The zero-order chi connectivity index (χ0) is 32.2. The lowest BCUT2D eigenvalue weighted by Gasteiger charge is -2.47. The molecule has 0 bridgehead atoms. The van der Waals surface area contributed by atoms with Gasteiger partial charge in [-0.2, -0.15) is 0 Å². The maximum absolute atomic E-state index is 14.5. The van der Waals surface area contributed by atoms with E-state index in [-0.39, 0.29) is 36.2 Å². The molecule has 44 heavy (non-hydrogen) atoms. The number of likely N-dealkylation sites (tertiary alicyclic amines) is 1. The Morgan fingerprint density at radius 3 is 2.20 bits per heavy atom. The number of rotatable bonds is 11. The molecule has 2 aromatic carbocycles. The molecule has 238 valence electrons. The van der Waals surface area contributed by atoms with Gasteiger partial charge in [0.1, 0.15) is 11.4 Å². The summed E-state index contributed by atoms with van der Waals surface area (Å²) in [5.74, 6) is -0.908. The summed E-state index contributed by atoms with van der Waals surface area (Å²) in [5, 5.41) is 12.4. The highest BCUT2D eigenvalue weighted by Crippen LogP contribution is 2.45. The van der Waals surface area contributed by atoms with Crippen LogP contribution in [0.25, 0.3) is 0 Å². The van der Waals surface area contributed by atoms with Crippen molar-refractivity contribution < 1.29 is 19.5 Å². The van der Waals surface area contributed by atoms with Crippen molar-refractivity contribution in [1.29, 1.82) is 0 Å². The molecule has 1 fully saturated rings. The molecule has 2 aromatic rings. The molecule has 1 saturated heterocycles. The van der Waals surface area contributed by atoms with Crippen LogP contribution in [0, 0.1) is 11.3 Å². The van der Waals surface area contributed by atoms with Crippen molar-refractivity contribution in [2.75, 3.05) is 26.2 Å². The quantitative estimate of drug-likeness (QED) is 0.279. The number of benzene rings is 2. The monoisotopic (exact) mass is 642 g/mol. The van der Waals surface area contributed by atoms with E-state index in [2.05, 4.69) is 44.8 Å². The maximum atomic E-state index is 14.5. The molecule has 2 aliphatic rings. The van der Waals surface area contributed by atoms with Gasteiger partial charge in [0.05, 0.1) is 12.5 Å². The number of nitrogens with zero attached hydrogens (tertiary/aromatic N) is 3. The zero-order valence-electron chi connectivity index (χ0n) is 26.3. The zero-order valence-corrected chi connectivity index (χ0v) is 27.8. The number of halogens is 2. The Morgan fingerprint density at radius 1 is 1.05 bits per heavy atom. The van der Waals surface area contributed by atoms with Gasteiger partial charge in [-0.3, -0.25) is 19.4 Å². The number of amides is 2. The highest BCUT2D eigenvalue weighted by atomic mass is 35.5. The fraction of sp³-hybridized carbons (Fsp3) is 0.529. The lowest BCUT2D eigenvalue weighted by atomic mass is 9.84. The normalized spacial score (nSPS) is 17.7. The lowest BCUT2D eigenvalue weighted by molar-refractivity contribution is -0.137. The summed E-state index contributed by atoms with van der Waals surface area (Å²) in [6.45, 7) is 13.7. The molecule has 2 aliphatic heterocycles. The van der Waals surface area contributed by atoms with Crippen LogP contribution < -0.4 is 5.32 Å². The molecule has 2 heterocycles. The molecule has 0 saturated carbocycles. The van der Waals surface area contributed by atoms with Crippen LogP contribution in [0.2, 0.25) is 10.0 Å². The molecule has 4 rings (SSSR count). The van der Waals surface area contributed by atoms with E-state index in [9.17, 15) is 14.4 Å². The molecule has 0 radical (unpaired) electrons. The fourth-order valence-electron chi connectivity index (χ4n) is 6.14. The summed E-state index contributed by atoms with van der Waals surface area (Å²) >= 11 is 12.7. The van der Waals surface area contributed by atoms with Gasteiger partial charge in [-0.25, -0.2) is 0 Å². The Bertz CT molecular complexity index is 1370. The first-order chi connectivity index (χ1) is 20.7. The lowest BCUT2D eigenvalue weighted by Crippen LogP contribution is -2.55. The minimum absolute atomic E-state index is 0.0307. The average molecular weight is 644 g/mol. The first-order valence-electron chi connectivity index (χ1n) is 15.4. The van der Waals surface area contributed by atoms with E-state index in [1.54, 1.807) is 30.3 Å². The molecule has 1 unspecified atom stereocenters. The van der Waals surface area contributed by atoms with Gasteiger partial charge < -0.3 is 20.2 Å². The molecular weight excluding hydrogens is 599 g/mol. The molecule has 0 aliphatic carbocycles. The smallest absolute Gasteiger partial charge is 0.305 e. The Labute approximate surface area is 270 Å². The van der Waals surface area contributed by atoms with Crippen LogP contribution in [-0.4, -0.2) is 70.2 Å². The number of piperidine rings is 1. The largest absolute Gasteiger partial charge is 0.481 e. The third-order valence-corrected chi connectivity index (χ3v) is 8.70. The first kappa shape index (κ1) is 33.9. The van der Waals surface area contributed by atoms with Crippen LogP contribution in [0.1, 0.15) is 94.2 Å². The van der Waals surface area contributed by atoms with Gasteiger partial charge in [0.25, 0.3) is 11.8 Å². The van der Waals surface area contributed by atoms with Gasteiger partial charge in [0.2, 0.25) is 0 Å². The van der Waals surface area contributed by atoms with E-state index in [1.165, 1.54) is 0 Å². The summed E-state index contributed by atoms with van der Waals surface area (Å²) in [6, 6.07) is 12.2. The highest BCUT2D eigenvalue weighted by molar-refractivity contribution is 6.47.